The summed E-state index contributed by atoms with van der Waals surface area (Å²) in [6, 6.07) is 6.02. The average Bonchev–Trinajstić information content (AvgIpc) is 2.98. The van der Waals surface area contributed by atoms with Crippen molar-refractivity contribution < 1.29 is 9.47 Å². The molecule has 1 heterocycles. The van der Waals surface area contributed by atoms with Gasteiger partial charge in [-0.1, -0.05) is 6.07 Å². The molecule has 0 bridgehead atoms. The first-order chi connectivity index (χ1) is 13.0. The lowest BCUT2D eigenvalue weighted by Gasteiger charge is -2.20. The van der Waals surface area contributed by atoms with E-state index in [1.165, 1.54) is 0 Å². The number of aromatic nitrogens is 3. The molecule has 1 atom stereocenters. The minimum absolute atomic E-state index is 0. The molecule has 2 rings (SSSR count). The predicted molar refractivity (Wildman–Crippen MR) is 122 cm³/mol. The summed E-state index contributed by atoms with van der Waals surface area (Å²) in [4.78, 5) is 4.29. The molecule has 0 amide bonds. The van der Waals surface area contributed by atoms with Gasteiger partial charge in [-0.25, -0.2) is 0 Å². The van der Waals surface area contributed by atoms with Gasteiger partial charge in [0.1, 0.15) is 5.82 Å². The standard InChI is InChI=1S/C19H30N6O2.HI/c1-7-26-16-10-9-15(11-17(16)27-8-2)13(3)22-19(20-5)21-12-18-24-23-14(4)25(18)6;/h9-11,13H,7-8,12H2,1-6H3,(H2,20,21,22);1H. The third-order valence-corrected chi connectivity index (χ3v) is 4.24. The molecule has 28 heavy (non-hydrogen) atoms. The highest BCUT2D eigenvalue weighted by Gasteiger charge is 2.13. The van der Waals surface area contributed by atoms with Gasteiger partial charge in [0.25, 0.3) is 0 Å². The summed E-state index contributed by atoms with van der Waals surface area (Å²) < 4.78 is 13.3. The van der Waals surface area contributed by atoms with Crippen LogP contribution in [-0.4, -0.2) is 41.0 Å². The maximum absolute atomic E-state index is 5.72. The molecule has 1 aromatic carbocycles. The Kier molecular flexibility index (Phi) is 10.0. The van der Waals surface area contributed by atoms with Crippen LogP contribution in [-0.2, 0) is 13.6 Å². The lowest BCUT2D eigenvalue weighted by molar-refractivity contribution is 0.287. The van der Waals surface area contributed by atoms with Crippen LogP contribution in [0.4, 0.5) is 0 Å². The first-order valence-electron chi connectivity index (χ1n) is 9.21. The van der Waals surface area contributed by atoms with Crippen molar-refractivity contribution in [3.8, 4) is 11.5 Å². The van der Waals surface area contributed by atoms with E-state index in [9.17, 15) is 0 Å². The lowest BCUT2D eigenvalue weighted by atomic mass is 10.1. The normalized spacial score (nSPS) is 12.1. The van der Waals surface area contributed by atoms with Crippen LogP contribution in [0.2, 0.25) is 0 Å². The topological polar surface area (TPSA) is 85.6 Å². The third-order valence-electron chi connectivity index (χ3n) is 4.24. The summed E-state index contributed by atoms with van der Waals surface area (Å²) in [5.74, 6) is 3.93. The van der Waals surface area contributed by atoms with Gasteiger partial charge in [0.15, 0.2) is 23.3 Å². The largest absolute Gasteiger partial charge is 0.490 e. The van der Waals surface area contributed by atoms with Gasteiger partial charge in [-0.15, -0.1) is 34.2 Å². The molecule has 0 radical (unpaired) electrons. The van der Waals surface area contributed by atoms with Crippen molar-refractivity contribution in [2.75, 3.05) is 20.3 Å². The number of aliphatic imine (C=N–C) groups is 1. The molecule has 2 aromatic rings. The van der Waals surface area contributed by atoms with E-state index >= 15 is 0 Å². The summed E-state index contributed by atoms with van der Waals surface area (Å²) in [7, 11) is 3.69. The summed E-state index contributed by atoms with van der Waals surface area (Å²) in [5.41, 5.74) is 1.08. The number of rotatable bonds is 8. The van der Waals surface area contributed by atoms with Crippen LogP contribution in [0.15, 0.2) is 23.2 Å². The van der Waals surface area contributed by atoms with Gasteiger partial charge < -0.3 is 24.7 Å². The Morgan fingerprint density at radius 3 is 2.43 bits per heavy atom. The molecular formula is C19H31IN6O2. The average molecular weight is 502 g/mol. The van der Waals surface area contributed by atoms with Gasteiger partial charge in [-0.05, 0) is 45.4 Å². The second-order valence-corrected chi connectivity index (χ2v) is 6.09. The first-order valence-corrected chi connectivity index (χ1v) is 9.21. The van der Waals surface area contributed by atoms with E-state index in [-0.39, 0.29) is 30.0 Å². The van der Waals surface area contributed by atoms with E-state index in [0.29, 0.717) is 25.7 Å². The Hall–Kier alpha value is -2.04. The van der Waals surface area contributed by atoms with Crippen molar-refractivity contribution in [1.82, 2.24) is 25.4 Å². The van der Waals surface area contributed by atoms with Crippen LogP contribution in [0, 0.1) is 6.92 Å². The Labute approximate surface area is 184 Å². The highest BCUT2D eigenvalue weighted by Crippen LogP contribution is 2.30. The highest BCUT2D eigenvalue weighted by atomic mass is 127. The fourth-order valence-electron chi connectivity index (χ4n) is 2.59. The molecule has 0 spiro atoms. The van der Waals surface area contributed by atoms with Crippen molar-refractivity contribution >= 4 is 29.9 Å². The second kappa shape index (κ2) is 11.7. The Bertz CT molecular complexity index is 778. The molecule has 0 saturated heterocycles. The molecule has 8 nitrogen and oxygen atoms in total. The number of hydrogen-bond acceptors (Lipinski definition) is 5. The number of nitrogens with zero attached hydrogens (tertiary/aromatic N) is 4. The fraction of sp³-hybridized carbons (Fsp3) is 0.526. The number of ether oxygens (including phenoxy) is 2. The number of aryl methyl sites for hydroxylation is 1. The van der Waals surface area contributed by atoms with Crippen LogP contribution in [0.5, 0.6) is 11.5 Å². The van der Waals surface area contributed by atoms with Crippen LogP contribution >= 0.6 is 24.0 Å². The van der Waals surface area contributed by atoms with E-state index in [0.717, 1.165) is 28.7 Å². The molecule has 156 valence electrons. The van der Waals surface area contributed by atoms with Gasteiger partial charge in [-0.3, -0.25) is 4.99 Å². The van der Waals surface area contributed by atoms with Gasteiger partial charge in [0.05, 0.1) is 25.8 Å². The molecule has 0 aliphatic rings. The zero-order valence-electron chi connectivity index (χ0n) is 17.4. The number of halogens is 1. The molecule has 9 heteroatoms. The Balaban J connectivity index is 0.00000392. The third kappa shape index (κ3) is 6.25. The van der Waals surface area contributed by atoms with Gasteiger partial charge >= 0.3 is 0 Å². The zero-order chi connectivity index (χ0) is 19.8. The van der Waals surface area contributed by atoms with Crippen molar-refractivity contribution in [2.24, 2.45) is 12.0 Å². The maximum Gasteiger partial charge on any atom is 0.191 e. The SMILES string of the molecule is CCOc1ccc(C(C)NC(=NC)NCc2nnc(C)n2C)cc1OCC.I. The van der Waals surface area contributed by atoms with Crippen molar-refractivity contribution in [1.29, 1.82) is 0 Å². The molecule has 0 aliphatic heterocycles. The van der Waals surface area contributed by atoms with E-state index in [2.05, 4.69) is 32.7 Å². The minimum atomic E-state index is 0. The molecule has 0 saturated carbocycles. The molecule has 2 N–H and O–H groups in total. The van der Waals surface area contributed by atoms with E-state index < -0.39 is 0 Å². The first kappa shape index (κ1) is 24.0. The van der Waals surface area contributed by atoms with Crippen molar-refractivity contribution in [3.63, 3.8) is 0 Å². The molecule has 0 aliphatic carbocycles. The highest BCUT2D eigenvalue weighted by molar-refractivity contribution is 14.0. The maximum atomic E-state index is 5.72. The minimum Gasteiger partial charge on any atom is -0.490 e. The molecule has 1 aromatic heterocycles. The van der Waals surface area contributed by atoms with Crippen molar-refractivity contribution in [3.05, 3.63) is 35.4 Å². The van der Waals surface area contributed by atoms with Gasteiger partial charge in [-0.2, -0.15) is 0 Å². The zero-order valence-corrected chi connectivity index (χ0v) is 19.8. The Morgan fingerprint density at radius 2 is 1.86 bits per heavy atom. The summed E-state index contributed by atoms with van der Waals surface area (Å²) in [6.45, 7) is 9.65. The second-order valence-electron chi connectivity index (χ2n) is 6.09. The summed E-state index contributed by atoms with van der Waals surface area (Å²) in [5, 5.41) is 14.9. The van der Waals surface area contributed by atoms with E-state index in [1.54, 1.807) is 7.05 Å². The van der Waals surface area contributed by atoms with Gasteiger partial charge in [0, 0.05) is 14.1 Å². The van der Waals surface area contributed by atoms with Crippen molar-refractivity contribution in [2.45, 2.75) is 40.3 Å². The summed E-state index contributed by atoms with van der Waals surface area (Å²) >= 11 is 0. The van der Waals surface area contributed by atoms with E-state index in [4.69, 9.17) is 9.47 Å². The molecular weight excluding hydrogens is 471 g/mol. The van der Waals surface area contributed by atoms with E-state index in [1.807, 2.05) is 50.6 Å². The van der Waals surface area contributed by atoms with Crippen LogP contribution in [0.25, 0.3) is 0 Å². The number of hydrogen-bond donors (Lipinski definition) is 2. The summed E-state index contributed by atoms with van der Waals surface area (Å²) in [6.07, 6.45) is 0. The smallest absolute Gasteiger partial charge is 0.191 e. The predicted octanol–water partition coefficient (Wildman–Crippen LogP) is 2.97. The fourth-order valence-corrected chi connectivity index (χ4v) is 2.59. The number of nitrogens with one attached hydrogen (secondary N) is 2. The number of guanidine groups is 1. The monoisotopic (exact) mass is 502 g/mol. The van der Waals surface area contributed by atoms with Gasteiger partial charge in [0.2, 0.25) is 0 Å². The molecule has 0 fully saturated rings. The quantitative estimate of drug-likeness (QED) is 0.328. The van der Waals surface area contributed by atoms with Crippen LogP contribution in [0.3, 0.4) is 0 Å². The van der Waals surface area contributed by atoms with Crippen LogP contribution < -0.4 is 20.1 Å². The van der Waals surface area contributed by atoms with Crippen LogP contribution in [0.1, 0.15) is 44.0 Å². The molecule has 1 unspecified atom stereocenters. The Morgan fingerprint density at radius 1 is 1.18 bits per heavy atom. The lowest BCUT2D eigenvalue weighted by Crippen LogP contribution is -2.38. The number of benzene rings is 1.